The number of rotatable bonds is 6. The number of carbonyl (C=O) groups is 2. The molecule has 1 saturated carbocycles. The summed E-state index contributed by atoms with van der Waals surface area (Å²) in [5, 5.41) is 9.05. The lowest BCUT2D eigenvalue weighted by molar-refractivity contribution is -0.123. The molecule has 0 bridgehead atoms. The second-order valence-electron chi connectivity index (χ2n) is 8.04. The highest BCUT2D eigenvalue weighted by Gasteiger charge is 2.36. The molecule has 1 saturated heterocycles. The average Bonchev–Trinajstić information content (AvgIpc) is 3.06. The molecular formula is C25H23IN2O3S. The van der Waals surface area contributed by atoms with Gasteiger partial charge < -0.3 is 4.74 Å². The molecule has 1 aliphatic carbocycles. The molecule has 2 aromatic rings. The van der Waals surface area contributed by atoms with Crippen molar-refractivity contribution in [2.24, 2.45) is 5.92 Å². The Labute approximate surface area is 206 Å². The molecule has 0 spiro atoms. The van der Waals surface area contributed by atoms with E-state index in [1.165, 1.54) is 24.2 Å². The van der Waals surface area contributed by atoms with Gasteiger partial charge in [-0.3, -0.25) is 14.5 Å². The summed E-state index contributed by atoms with van der Waals surface area (Å²) < 4.78 is 6.81. The van der Waals surface area contributed by atoms with Crippen LogP contribution in [-0.4, -0.2) is 22.6 Å². The van der Waals surface area contributed by atoms with Gasteiger partial charge in [0, 0.05) is 12.1 Å². The Hall–Kier alpha value is -2.31. The van der Waals surface area contributed by atoms with Crippen LogP contribution in [0.4, 0.5) is 4.79 Å². The normalized spacial score (nSPS) is 18.2. The molecule has 2 aliphatic rings. The van der Waals surface area contributed by atoms with E-state index in [-0.39, 0.29) is 11.1 Å². The summed E-state index contributed by atoms with van der Waals surface area (Å²) in [6, 6.07) is 15.2. The molecule has 0 radical (unpaired) electrons. The van der Waals surface area contributed by atoms with Gasteiger partial charge in [-0.05, 0) is 83.0 Å². The summed E-state index contributed by atoms with van der Waals surface area (Å²) in [4.78, 5) is 27.2. The van der Waals surface area contributed by atoms with E-state index >= 15 is 0 Å². The van der Waals surface area contributed by atoms with Gasteiger partial charge in [0.05, 0.1) is 20.1 Å². The number of benzene rings is 2. The minimum Gasteiger partial charge on any atom is -0.488 e. The standard InChI is InChI=1S/C25H23IN2O3S/c26-21-12-18(10-11-22(21)31-16-20-9-5-4-8-19(20)14-27)13-23-24(29)28(25(30)32-23)15-17-6-2-1-3-7-17/h4-5,8-13,17H,1-3,6-7,15-16H2/b23-13+. The zero-order chi connectivity index (χ0) is 22.5. The van der Waals surface area contributed by atoms with Crippen LogP contribution in [0.3, 0.4) is 0 Å². The van der Waals surface area contributed by atoms with Crippen molar-refractivity contribution >= 4 is 51.6 Å². The summed E-state index contributed by atoms with van der Waals surface area (Å²) >= 11 is 3.22. The van der Waals surface area contributed by atoms with Gasteiger partial charge in [-0.1, -0.05) is 43.5 Å². The molecule has 0 atom stereocenters. The Morgan fingerprint density at radius 1 is 1.16 bits per heavy atom. The van der Waals surface area contributed by atoms with Crippen LogP contribution in [0.5, 0.6) is 5.75 Å². The molecule has 0 unspecified atom stereocenters. The van der Waals surface area contributed by atoms with E-state index < -0.39 is 0 Å². The van der Waals surface area contributed by atoms with Crippen molar-refractivity contribution in [1.82, 2.24) is 4.90 Å². The molecule has 5 nitrogen and oxygen atoms in total. The smallest absolute Gasteiger partial charge is 0.293 e. The Morgan fingerprint density at radius 3 is 2.69 bits per heavy atom. The fourth-order valence-electron chi connectivity index (χ4n) is 4.07. The van der Waals surface area contributed by atoms with Gasteiger partial charge >= 0.3 is 0 Å². The van der Waals surface area contributed by atoms with Crippen LogP contribution >= 0.6 is 34.4 Å². The number of carbonyl (C=O) groups excluding carboxylic acids is 2. The third-order valence-corrected chi connectivity index (χ3v) is 7.56. The molecule has 2 fully saturated rings. The number of hydrogen-bond acceptors (Lipinski definition) is 5. The Kier molecular flexibility index (Phi) is 7.53. The molecule has 7 heteroatoms. The number of imide groups is 1. The first-order valence-electron chi connectivity index (χ1n) is 10.7. The van der Waals surface area contributed by atoms with Gasteiger partial charge in [0.1, 0.15) is 12.4 Å². The van der Waals surface area contributed by atoms with Gasteiger partial charge in [0.2, 0.25) is 0 Å². The average molecular weight is 558 g/mol. The zero-order valence-corrected chi connectivity index (χ0v) is 20.5. The van der Waals surface area contributed by atoms with Crippen LogP contribution in [0, 0.1) is 20.8 Å². The molecule has 2 aromatic carbocycles. The maximum atomic E-state index is 12.8. The number of amides is 2. The molecule has 1 heterocycles. The Balaban J connectivity index is 1.43. The predicted molar refractivity (Wildman–Crippen MR) is 134 cm³/mol. The van der Waals surface area contributed by atoms with Gasteiger partial charge in [0.25, 0.3) is 11.1 Å². The molecule has 32 heavy (non-hydrogen) atoms. The van der Waals surface area contributed by atoms with Gasteiger partial charge in [0.15, 0.2) is 0 Å². The van der Waals surface area contributed by atoms with Crippen molar-refractivity contribution in [3.8, 4) is 11.8 Å². The van der Waals surface area contributed by atoms with Crippen LogP contribution in [-0.2, 0) is 11.4 Å². The van der Waals surface area contributed by atoms with E-state index in [9.17, 15) is 14.9 Å². The van der Waals surface area contributed by atoms with Crippen LogP contribution in [0.2, 0.25) is 0 Å². The van der Waals surface area contributed by atoms with Crippen molar-refractivity contribution in [3.05, 3.63) is 67.6 Å². The zero-order valence-electron chi connectivity index (χ0n) is 17.6. The lowest BCUT2D eigenvalue weighted by Gasteiger charge is -2.25. The largest absolute Gasteiger partial charge is 0.488 e. The second-order valence-corrected chi connectivity index (χ2v) is 10.2. The highest BCUT2D eigenvalue weighted by atomic mass is 127. The third kappa shape index (κ3) is 5.36. The molecule has 0 N–H and O–H groups in total. The van der Waals surface area contributed by atoms with E-state index in [2.05, 4.69) is 28.7 Å². The Morgan fingerprint density at radius 2 is 1.94 bits per heavy atom. The molecule has 164 valence electrons. The maximum Gasteiger partial charge on any atom is 0.293 e. The van der Waals surface area contributed by atoms with Gasteiger partial charge in [-0.25, -0.2) is 0 Å². The van der Waals surface area contributed by atoms with Gasteiger partial charge in [-0.15, -0.1) is 0 Å². The lowest BCUT2D eigenvalue weighted by Crippen LogP contribution is -2.34. The summed E-state index contributed by atoms with van der Waals surface area (Å²) in [6.07, 6.45) is 7.60. The fraction of sp³-hybridized carbons (Fsp3) is 0.320. The van der Waals surface area contributed by atoms with E-state index in [0.717, 1.165) is 39.3 Å². The van der Waals surface area contributed by atoms with Crippen LogP contribution in [0.25, 0.3) is 6.08 Å². The summed E-state index contributed by atoms with van der Waals surface area (Å²) in [5.41, 5.74) is 2.28. The van der Waals surface area contributed by atoms with Crippen LogP contribution in [0.1, 0.15) is 48.8 Å². The van der Waals surface area contributed by atoms with Crippen molar-refractivity contribution in [2.45, 2.75) is 38.7 Å². The molecular weight excluding hydrogens is 535 g/mol. The summed E-state index contributed by atoms with van der Waals surface area (Å²) in [7, 11) is 0. The van der Waals surface area contributed by atoms with E-state index in [1.54, 1.807) is 12.1 Å². The molecule has 4 rings (SSSR count). The van der Waals surface area contributed by atoms with Crippen molar-refractivity contribution in [2.75, 3.05) is 6.54 Å². The first-order chi connectivity index (χ1) is 15.5. The predicted octanol–water partition coefficient (Wildman–Crippen LogP) is 6.36. The van der Waals surface area contributed by atoms with E-state index in [0.29, 0.717) is 35.3 Å². The fourth-order valence-corrected chi connectivity index (χ4v) is 5.61. The van der Waals surface area contributed by atoms with Crippen molar-refractivity contribution < 1.29 is 14.3 Å². The third-order valence-electron chi connectivity index (χ3n) is 5.81. The first kappa shape index (κ1) is 22.9. The van der Waals surface area contributed by atoms with Crippen LogP contribution in [0.15, 0.2) is 47.4 Å². The molecule has 1 aliphatic heterocycles. The number of thioether (sulfide) groups is 1. The quantitative estimate of drug-likeness (QED) is 0.305. The number of hydrogen-bond donors (Lipinski definition) is 0. The SMILES string of the molecule is N#Cc1ccccc1COc1ccc(/C=C2/SC(=O)N(CC3CCCCC3)C2=O)cc1I. The lowest BCUT2D eigenvalue weighted by atomic mass is 9.89. The van der Waals surface area contributed by atoms with E-state index in [1.807, 2.05) is 36.4 Å². The second kappa shape index (κ2) is 10.5. The molecule has 0 aromatic heterocycles. The molecule has 2 amide bonds. The first-order valence-corrected chi connectivity index (χ1v) is 12.6. The Bertz CT molecular complexity index is 1100. The minimum absolute atomic E-state index is 0.169. The van der Waals surface area contributed by atoms with Crippen molar-refractivity contribution in [1.29, 1.82) is 5.26 Å². The maximum absolute atomic E-state index is 12.8. The number of ether oxygens (including phenoxy) is 1. The van der Waals surface area contributed by atoms with Crippen molar-refractivity contribution in [3.63, 3.8) is 0 Å². The monoisotopic (exact) mass is 558 g/mol. The minimum atomic E-state index is -0.186. The number of halogens is 1. The van der Waals surface area contributed by atoms with Gasteiger partial charge in [-0.2, -0.15) is 5.26 Å². The summed E-state index contributed by atoms with van der Waals surface area (Å²) in [6.45, 7) is 0.843. The highest BCUT2D eigenvalue weighted by Crippen LogP contribution is 2.35. The number of nitrogens with zero attached hydrogens (tertiary/aromatic N) is 2. The van der Waals surface area contributed by atoms with E-state index in [4.69, 9.17) is 4.74 Å². The number of nitriles is 1. The topological polar surface area (TPSA) is 70.4 Å². The summed E-state index contributed by atoms with van der Waals surface area (Å²) in [5.74, 6) is 0.954. The van der Waals surface area contributed by atoms with Crippen LogP contribution < -0.4 is 4.74 Å². The highest BCUT2D eigenvalue weighted by molar-refractivity contribution is 14.1.